The largest absolute Gasteiger partial charge is 0.493 e. The molecule has 0 aliphatic heterocycles. The maximum atomic E-state index is 13.7. The van der Waals surface area contributed by atoms with Crippen LogP contribution in [-0.2, 0) is 21.4 Å². The van der Waals surface area contributed by atoms with Gasteiger partial charge in [-0.05, 0) is 36.8 Å². The van der Waals surface area contributed by atoms with Gasteiger partial charge in [0.15, 0.2) is 11.5 Å². The Kier molecular flexibility index (Phi) is 8.43. The second kappa shape index (κ2) is 11.9. The van der Waals surface area contributed by atoms with Crippen LogP contribution in [0.25, 0.3) is 11.4 Å². The van der Waals surface area contributed by atoms with Crippen LogP contribution in [-0.4, -0.2) is 49.4 Å². The fraction of sp³-hybridized carbons (Fsp3) is 0.179. The average molecular weight is 549 g/mol. The van der Waals surface area contributed by atoms with Crippen LogP contribution in [0.3, 0.4) is 0 Å². The van der Waals surface area contributed by atoms with Crippen molar-refractivity contribution < 1.29 is 22.7 Å². The number of hydrogen-bond donors (Lipinski definition) is 2. The molecular weight excluding hydrogens is 520 g/mol. The number of rotatable bonds is 10. The molecular formula is C28H28N4O6S. The molecule has 0 aliphatic rings. The molecule has 1 aromatic heterocycles. The number of nitrogens with zero attached hydrogens (tertiary/aromatic N) is 2. The van der Waals surface area contributed by atoms with Crippen LogP contribution in [0.2, 0.25) is 0 Å². The van der Waals surface area contributed by atoms with E-state index in [1.165, 1.54) is 38.5 Å². The molecule has 0 saturated heterocycles. The van der Waals surface area contributed by atoms with Crippen molar-refractivity contribution in [2.24, 2.45) is 0 Å². The van der Waals surface area contributed by atoms with Crippen molar-refractivity contribution in [3.05, 3.63) is 100 Å². The van der Waals surface area contributed by atoms with Crippen LogP contribution in [0.4, 0.5) is 5.69 Å². The zero-order valence-corrected chi connectivity index (χ0v) is 22.5. The van der Waals surface area contributed by atoms with Crippen LogP contribution in [0.15, 0.2) is 88.6 Å². The number of carbonyl (C=O) groups excluding carboxylic acids is 1. The SMILES string of the molecule is COc1ccc(S(=O)(=O)N(CC(=O)Nc2cccc(-c3nc(C)cc(=O)[nH]3)c2)Cc2ccccc2)cc1OC. The van der Waals surface area contributed by atoms with Gasteiger partial charge in [0, 0.05) is 35.6 Å². The second-order valence-electron chi connectivity index (χ2n) is 8.64. The first-order chi connectivity index (χ1) is 18.7. The molecule has 10 nitrogen and oxygen atoms in total. The standard InChI is InChI=1S/C28H28N4O6S/c1-19-14-26(33)31-28(29-19)21-10-7-11-22(15-21)30-27(34)18-32(17-20-8-5-4-6-9-20)39(35,36)23-12-13-24(37-2)25(16-23)38-3/h4-16H,17-18H2,1-3H3,(H,30,34)(H,29,31,33). The van der Waals surface area contributed by atoms with Gasteiger partial charge in [0.25, 0.3) is 5.56 Å². The molecule has 202 valence electrons. The van der Waals surface area contributed by atoms with Gasteiger partial charge in [-0.2, -0.15) is 4.31 Å². The van der Waals surface area contributed by atoms with Gasteiger partial charge in [-0.3, -0.25) is 9.59 Å². The smallest absolute Gasteiger partial charge is 0.251 e. The minimum Gasteiger partial charge on any atom is -0.493 e. The van der Waals surface area contributed by atoms with E-state index in [2.05, 4.69) is 15.3 Å². The highest BCUT2D eigenvalue weighted by Crippen LogP contribution is 2.31. The fourth-order valence-electron chi connectivity index (χ4n) is 3.96. The summed E-state index contributed by atoms with van der Waals surface area (Å²) < 4.78 is 39.0. The van der Waals surface area contributed by atoms with Crippen molar-refractivity contribution in [2.45, 2.75) is 18.4 Å². The second-order valence-corrected chi connectivity index (χ2v) is 10.6. The van der Waals surface area contributed by atoms with Crippen LogP contribution < -0.4 is 20.3 Å². The normalized spacial score (nSPS) is 11.3. The highest BCUT2D eigenvalue weighted by molar-refractivity contribution is 7.89. The Labute approximate surface area is 226 Å². The number of amides is 1. The summed E-state index contributed by atoms with van der Waals surface area (Å²) in [6, 6.07) is 21.4. The van der Waals surface area contributed by atoms with Crippen LogP contribution in [0, 0.1) is 6.92 Å². The molecule has 4 rings (SSSR count). The van der Waals surface area contributed by atoms with Crippen LogP contribution in [0.5, 0.6) is 11.5 Å². The van der Waals surface area contributed by atoms with Crippen LogP contribution in [0.1, 0.15) is 11.3 Å². The quantitative estimate of drug-likeness (QED) is 0.310. The summed E-state index contributed by atoms with van der Waals surface area (Å²) in [6.45, 7) is 1.24. The molecule has 0 fully saturated rings. The molecule has 11 heteroatoms. The molecule has 1 heterocycles. The number of methoxy groups -OCH3 is 2. The van der Waals surface area contributed by atoms with Crippen molar-refractivity contribution in [3.8, 4) is 22.9 Å². The molecule has 2 N–H and O–H groups in total. The van der Waals surface area contributed by atoms with E-state index in [0.29, 0.717) is 34.1 Å². The van der Waals surface area contributed by atoms with E-state index in [-0.39, 0.29) is 22.7 Å². The first kappa shape index (κ1) is 27.6. The third-order valence-electron chi connectivity index (χ3n) is 5.80. The number of H-pyrrole nitrogens is 1. The van der Waals surface area contributed by atoms with Gasteiger partial charge in [0.05, 0.1) is 25.7 Å². The van der Waals surface area contributed by atoms with Gasteiger partial charge >= 0.3 is 0 Å². The zero-order chi connectivity index (χ0) is 28.0. The Morgan fingerprint density at radius 1 is 0.949 bits per heavy atom. The zero-order valence-electron chi connectivity index (χ0n) is 21.7. The number of sulfonamides is 1. The van der Waals surface area contributed by atoms with E-state index in [4.69, 9.17) is 9.47 Å². The van der Waals surface area contributed by atoms with Crippen LogP contribution >= 0.6 is 0 Å². The van der Waals surface area contributed by atoms with E-state index in [1.807, 2.05) is 6.07 Å². The van der Waals surface area contributed by atoms with E-state index in [1.54, 1.807) is 55.5 Å². The van der Waals surface area contributed by atoms with Gasteiger partial charge < -0.3 is 19.8 Å². The summed E-state index contributed by atoms with van der Waals surface area (Å²) in [6.07, 6.45) is 0. The third-order valence-corrected chi connectivity index (χ3v) is 7.59. The fourth-order valence-corrected chi connectivity index (χ4v) is 5.36. The average Bonchev–Trinajstić information content (AvgIpc) is 2.92. The Morgan fingerprint density at radius 3 is 2.38 bits per heavy atom. The topological polar surface area (TPSA) is 131 Å². The number of ether oxygens (including phenoxy) is 2. The number of nitrogens with one attached hydrogen (secondary N) is 2. The maximum absolute atomic E-state index is 13.7. The Balaban J connectivity index is 1.61. The third kappa shape index (κ3) is 6.70. The number of benzene rings is 3. The number of hydrogen-bond acceptors (Lipinski definition) is 7. The lowest BCUT2D eigenvalue weighted by atomic mass is 10.2. The molecule has 39 heavy (non-hydrogen) atoms. The summed E-state index contributed by atoms with van der Waals surface area (Å²) in [4.78, 5) is 32.0. The molecule has 4 aromatic rings. The summed E-state index contributed by atoms with van der Waals surface area (Å²) in [5, 5.41) is 2.75. The highest BCUT2D eigenvalue weighted by Gasteiger charge is 2.28. The summed E-state index contributed by atoms with van der Waals surface area (Å²) in [7, 11) is -1.24. The predicted molar refractivity (Wildman–Crippen MR) is 147 cm³/mol. The summed E-state index contributed by atoms with van der Waals surface area (Å²) in [5.41, 5.74) is 1.99. The molecule has 0 bridgehead atoms. The first-order valence-corrected chi connectivity index (χ1v) is 13.4. The predicted octanol–water partition coefficient (Wildman–Crippen LogP) is 3.59. The molecule has 0 atom stereocenters. The monoisotopic (exact) mass is 548 g/mol. The summed E-state index contributed by atoms with van der Waals surface area (Å²) in [5.74, 6) is 0.450. The lowest BCUT2D eigenvalue weighted by Crippen LogP contribution is -2.37. The minimum absolute atomic E-state index is 0.0283. The van der Waals surface area contributed by atoms with Crippen molar-refractivity contribution in [3.63, 3.8) is 0 Å². The maximum Gasteiger partial charge on any atom is 0.251 e. The molecule has 0 radical (unpaired) electrons. The first-order valence-electron chi connectivity index (χ1n) is 11.9. The van der Waals surface area contributed by atoms with Crippen molar-refractivity contribution in [2.75, 3.05) is 26.1 Å². The molecule has 1 amide bonds. The number of aromatic nitrogens is 2. The Hall–Kier alpha value is -4.48. The molecule has 0 unspecified atom stereocenters. The van der Waals surface area contributed by atoms with Gasteiger partial charge in [-0.1, -0.05) is 42.5 Å². The van der Waals surface area contributed by atoms with Crippen molar-refractivity contribution in [1.29, 1.82) is 0 Å². The molecule has 0 spiro atoms. The van der Waals surface area contributed by atoms with Gasteiger partial charge in [-0.25, -0.2) is 13.4 Å². The lowest BCUT2D eigenvalue weighted by Gasteiger charge is -2.22. The Morgan fingerprint density at radius 2 is 1.69 bits per heavy atom. The minimum atomic E-state index is -4.12. The van der Waals surface area contributed by atoms with E-state index < -0.39 is 22.5 Å². The van der Waals surface area contributed by atoms with E-state index >= 15 is 0 Å². The summed E-state index contributed by atoms with van der Waals surface area (Å²) >= 11 is 0. The van der Waals surface area contributed by atoms with E-state index in [9.17, 15) is 18.0 Å². The van der Waals surface area contributed by atoms with Gasteiger partial charge in [0.2, 0.25) is 15.9 Å². The van der Waals surface area contributed by atoms with Crippen molar-refractivity contribution >= 4 is 21.6 Å². The highest BCUT2D eigenvalue weighted by atomic mass is 32.2. The molecule has 3 aromatic carbocycles. The number of aryl methyl sites for hydroxylation is 1. The van der Waals surface area contributed by atoms with Gasteiger partial charge in [0.1, 0.15) is 5.82 Å². The van der Waals surface area contributed by atoms with Crippen molar-refractivity contribution in [1.82, 2.24) is 14.3 Å². The number of anilines is 1. The molecule has 0 aliphatic carbocycles. The molecule has 0 saturated carbocycles. The number of carbonyl (C=O) groups is 1. The van der Waals surface area contributed by atoms with Gasteiger partial charge in [-0.15, -0.1) is 0 Å². The lowest BCUT2D eigenvalue weighted by molar-refractivity contribution is -0.116. The van der Waals surface area contributed by atoms with E-state index in [0.717, 1.165) is 4.31 Å². The Bertz CT molecular complexity index is 1640. The number of aromatic amines is 1.